The smallest absolute Gasteiger partial charge is 0.296 e. The average molecular weight is 170 g/mol. The summed E-state index contributed by atoms with van der Waals surface area (Å²) < 4.78 is 4.43. The highest BCUT2D eigenvalue weighted by Crippen LogP contribution is 2.19. The Bertz CT molecular complexity index is 277. The first-order chi connectivity index (χ1) is 5.77. The maximum absolute atomic E-state index is 10.6. The summed E-state index contributed by atoms with van der Waals surface area (Å²) >= 11 is 0. The summed E-state index contributed by atoms with van der Waals surface area (Å²) in [4.78, 5) is 13.2. The second-order valence-corrected chi connectivity index (χ2v) is 2.87. The molecule has 0 saturated heterocycles. The molecule has 0 fully saturated rings. The molecule has 4 nitrogen and oxygen atoms in total. The fourth-order valence-electron chi connectivity index (χ4n) is 1.30. The van der Waals surface area contributed by atoms with Gasteiger partial charge in [-0.2, -0.15) is 0 Å². The predicted molar refractivity (Wildman–Crippen MR) is 45.1 cm³/mol. The van der Waals surface area contributed by atoms with Crippen LogP contribution in [0.2, 0.25) is 0 Å². The first kappa shape index (κ1) is 9.03. The van der Waals surface area contributed by atoms with Crippen molar-refractivity contribution in [3.63, 3.8) is 0 Å². The van der Waals surface area contributed by atoms with E-state index in [4.69, 9.17) is 0 Å². The van der Waals surface area contributed by atoms with E-state index in [1.165, 1.54) is 0 Å². The van der Waals surface area contributed by atoms with Gasteiger partial charge < -0.3 is 0 Å². The van der Waals surface area contributed by atoms with Gasteiger partial charge in [0, 0.05) is 5.92 Å². The SMILES string of the molecule is CCCC(CC)c1noc(=O)[nH]1. The molecule has 4 heteroatoms. The zero-order valence-corrected chi connectivity index (χ0v) is 7.46. The molecule has 1 aromatic rings. The van der Waals surface area contributed by atoms with Crippen LogP contribution in [0.3, 0.4) is 0 Å². The molecule has 12 heavy (non-hydrogen) atoms. The molecule has 0 aliphatic rings. The van der Waals surface area contributed by atoms with Gasteiger partial charge in [-0.25, -0.2) is 4.79 Å². The van der Waals surface area contributed by atoms with Gasteiger partial charge in [0.05, 0.1) is 0 Å². The summed E-state index contributed by atoms with van der Waals surface area (Å²) in [6, 6.07) is 0. The Morgan fingerprint density at radius 3 is 2.75 bits per heavy atom. The maximum Gasteiger partial charge on any atom is 0.438 e. The largest absolute Gasteiger partial charge is 0.438 e. The van der Waals surface area contributed by atoms with Crippen molar-refractivity contribution in [1.29, 1.82) is 0 Å². The van der Waals surface area contributed by atoms with Crippen molar-refractivity contribution in [3.05, 3.63) is 16.4 Å². The summed E-state index contributed by atoms with van der Waals surface area (Å²) in [5.74, 6) is 0.561. The number of rotatable bonds is 4. The molecular weight excluding hydrogens is 156 g/mol. The van der Waals surface area contributed by atoms with Crippen molar-refractivity contribution < 1.29 is 4.52 Å². The molecule has 0 amide bonds. The normalized spacial score (nSPS) is 13.2. The molecule has 1 rings (SSSR count). The second-order valence-electron chi connectivity index (χ2n) is 2.87. The highest BCUT2D eigenvalue weighted by atomic mass is 16.5. The van der Waals surface area contributed by atoms with Gasteiger partial charge in [-0.3, -0.25) is 9.51 Å². The van der Waals surface area contributed by atoms with Crippen LogP contribution in [0.25, 0.3) is 0 Å². The molecule has 0 aliphatic heterocycles. The minimum Gasteiger partial charge on any atom is -0.296 e. The number of aromatic amines is 1. The van der Waals surface area contributed by atoms with E-state index in [0.29, 0.717) is 11.7 Å². The van der Waals surface area contributed by atoms with Gasteiger partial charge in [0.25, 0.3) is 0 Å². The van der Waals surface area contributed by atoms with Crippen LogP contribution >= 0.6 is 0 Å². The van der Waals surface area contributed by atoms with Gasteiger partial charge in [-0.05, 0) is 12.8 Å². The molecule has 1 unspecified atom stereocenters. The molecule has 0 saturated carbocycles. The highest BCUT2D eigenvalue weighted by Gasteiger charge is 2.12. The number of hydrogen-bond acceptors (Lipinski definition) is 3. The van der Waals surface area contributed by atoms with Crippen molar-refractivity contribution in [2.75, 3.05) is 0 Å². The van der Waals surface area contributed by atoms with Gasteiger partial charge >= 0.3 is 5.76 Å². The molecule has 1 N–H and O–H groups in total. The highest BCUT2D eigenvalue weighted by molar-refractivity contribution is 4.90. The monoisotopic (exact) mass is 170 g/mol. The minimum atomic E-state index is -0.459. The quantitative estimate of drug-likeness (QED) is 0.747. The Hall–Kier alpha value is -1.06. The second kappa shape index (κ2) is 4.09. The van der Waals surface area contributed by atoms with Crippen molar-refractivity contribution in [2.24, 2.45) is 0 Å². The Balaban J connectivity index is 2.72. The van der Waals surface area contributed by atoms with E-state index in [1.54, 1.807) is 0 Å². The Morgan fingerprint density at radius 1 is 1.58 bits per heavy atom. The summed E-state index contributed by atoms with van der Waals surface area (Å²) in [5, 5.41) is 3.66. The fourth-order valence-corrected chi connectivity index (χ4v) is 1.30. The third kappa shape index (κ3) is 1.96. The maximum atomic E-state index is 10.6. The molecule has 0 aromatic carbocycles. The first-order valence-corrected chi connectivity index (χ1v) is 4.33. The standard InChI is InChI=1S/C8H14N2O2/c1-3-5-6(4-2)7-9-8(11)12-10-7/h6H,3-5H2,1-2H3,(H,9,10,11). The van der Waals surface area contributed by atoms with E-state index in [2.05, 4.69) is 28.5 Å². The number of nitrogens with zero attached hydrogens (tertiary/aromatic N) is 1. The molecule has 0 aliphatic carbocycles. The van der Waals surface area contributed by atoms with Crippen LogP contribution in [-0.2, 0) is 0 Å². The number of hydrogen-bond donors (Lipinski definition) is 1. The van der Waals surface area contributed by atoms with Crippen molar-refractivity contribution in [3.8, 4) is 0 Å². The van der Waals surface area contributed by atoms with E-state index in [1.807, 2.05) is 0 Å². The van der Waals surface area contributed by atoms with Gasteiger partial charge in [0.2, 0.25) is 0 Å². The minimum absolute atomic E-state index is 0.335. The molecule has 0 bridgehead atoms. The van der Waals surface area contributed by atoms with E-state index < -0.39 is 5.76 Å². The Morgan fingerprint density at radius 2 is 2.33 bits per heavy atom. The van der Waals surface area contributed by atoms with Crippen LogP contribution in [-0.4, -0.2) is 10.1 Å². The number of aromatic nitrogens is 2. The molecule has 0 spiro atoms. The Kier molecular flexibility index (Phi) is 3.08. The zero-order valence-electron chi connectivity index (χ0n) is 7.46. The van der Waals surface area contributed by atoms with Crippen molar-refractivity contribution in [2.45, 2.75) is 39.0 Å². The lowest BCUT2D eigenvalue weighted by Crippen LogP contribution is -2.02. The van der Waals surface area contributed by atoms with Crippen LogP contribution in [0.1, 0.15) is 44.9 Å². The van der Waals surface area contributed by atoms with E-state index in [9.17, 15) is 4.79 Å². The van der Waals surface area contributed by atoms with Gasteiger partial charge in [-0.15, -0.1) is 0 Å². The topological polar surface area (TPSA) is 58.9 Å². The lowest BCUT2D eigenvalue weighted by molar-refractivity contribution is 0.374. The molecule has 1 aromatic heterocycles. The van der Waals surface area contributed by atoms with Crippen LogP contribution in [0.15, 0.2) is 9.32 Å². The Labute approximate surface area is 71.0 Å². The molecule has 1 heterocycles. The summed E-state index contributed by atoms with van der Waals surface area (Å²) in [6.45, 7) is 4.19. The molecule has 1 atom stereocenters. The van der Waals surface area contributed by atoms with Crippen LogP contribution in [0, 0.1) is 0 Å². The predicted octanol–water partition coefficient (Wildman–Crippen LogP) is 1.66. The van der Waals surface area contributed by atoms with Gasteiger partial charge in [-0.1, -0.05) is 25.4 Å². The van der Waals surface area contributed by atoms with Crippen LogP contribution < -0.4 is 5.76 Å². The van der Waals surface area contributed by atoms with Crippen molar-refractivity contribution in [1.82, 2.24) is 10.1 Å². The fraction of sp³-hybridized carbons (Fsp3) is 0.750. The number of nitrogens with one attached hydrogen (secondary N) is 1. The average Bonchev–Trinajstić information content (AvgIpc) is 2.47. The van der Waals surface area contributed by atoms with E-state index in [0.717, 1.165) is 19.3 Å². The van der Waals surface area contributed by atoms with Crippen LogP contribution in [0.4, 0.5) is 0 Å². The first-order valence-electron chi connectivity index (χ1n) is 4.33. The molecule has 68 valence electrons. The number of H-pyrrole nitrogens is 1. The molecule has 0 radical (unpaired) electrons. The zero-order chi connectivity index (χ0) is 8.97. The van der Waals surface area contributed by atoms with E-state index >= 15 is 0 Å². The van der Waals surface area contributed by atoms with Crippen molar-refractivity contribution >= 4 is 0 Å². The summed E-state index contributed by atoms with van der Waals surface area (Å²) in [7, 11) is 0. The lowest BCUT2D eigenvalue weighted by atomic mass is 10.0. The third-order valence-electron chi connectivity index (χ3n) is 1.97. The van der Waals surface area contributed by atoms with Gasteiger partial charge in [0.1, 0.15) is 0 Å². The molecular formula is C8H14N2O2. The third-order valence-corrected chi connectivity index (χ3v) is 1.97. The van der Waals surface area contributed by atoms with Gasteiger partial charge in [0.15, 0.2) is 5.82 Å². The van der Waals surface area contributed by atoms with E-state index in [-0.39, 0.29) is 0 Å². The van der Waals surface area contributed by atoms with Crippen LogP contribution in [0.5, 0.6) is 0 Å². The lowest BCUT2D eigenvalue weighted by Gasteiger charge is -2.07. The summed E-state index contributed by atoms with van der Waals surface area (Å²) in [5.41, 5.74) is 0. The summed E-state index contributed by atoms with van der Waals surface area (Å²) in [6.07, 6.45) is 3.11.